The predicted octanol–water partition coefficient (Wildman–Crippen LogP) is 3.32. The van der Waals surface area contributed by atoms with E-state index in [1.54, 1.807) is 4.90 Å². The number of fused-ring (bicyclic) bond motifs is 3. The van der Waals surface area contributed by atoms with Crippen LogP contribution in [0.3, 0.4) is 0 Å². The van der Waals surface area contributed by atoms with E-state index >= 15 is 0 Å². The molecule has 146 valence electrons. The fourth-order valence-corrected chi connectivity index (χ4v) is 5.95. The molecule has 4 aliphatic rings. The smallest absolute Gasteiger partial charge is 0.262 e. The normalized spacial score (nSPS) is 36.7. The quantitative estimate of drug-likeness (QED) is 0.859. The molecule has 5 heteroatoms. The van der Waals surface area contributed by atoms with Crippen molar-refractivity contribution in [3.05, 3.63) is 34.9 Å². The predicted molar refractivity (Wildman–Crippen MR) is 107 cm³/mol. The zero-order chi connectivity index (χ0) is 19.7. The molecule has 1 amide bonds. The van der Waals surface area contributed by atoms with Gasteiger partial charge in [-0.2, -0.15) is 5.26 Å². The third-order valence-corrected chi connectivity index (χ3v) is 7.94. The van der Waals surface area contributed by atoms with E-state index in [-0.39, 0.29) is 11.3 Å². The second-order valence-corrected chi connectivity index (χ2v) is 9.68. The van der Waals surface area contributed by atoms with Gasteiger partial charge in [-0.15, -0.1) is 0 Å². The summed E-state index contributed by atoms with van der Waals surface area (Å²) >= 11 is 0. The lowest BCUT2D eigenvalue weighted by molar-refractivity contribution is -0.138. The fraction of sp³-hybridized carbons (Fsp3) is 0.609. The van der Waals surface area contributed by atoms with Gasteiger partial charge >= 0.3 is 0 Å². The van der Waals surface area contributed by atoms with Crippen molar-refractivity contribution in [2.75, 3.05) is 6.54 Å². The van der Waals surface area contributed by atoms with Crippen molar-refractivity contribution < 1.29 is 4.79 Å². The van der Waals surface area contributed by atoms with Crippen molar-refractivity contribution in [1.29, 1.82) is 5.26 Å². The summed E-state index contributed by atoms with van der Waals surface area (Å²) in [6.45, 7) is 5.30. The molecule has 0 bridgehead atoms. The van der Waals surface area contributed by atoms with Crippen LogP contribution in [0, 0.1) is 34.5 Å². The van der Waals surface area contributed by atoms with E-state index in [0.717, 1.165) is 31.2 Å². The molecule has 0 aromatic heterocycles. The molecule has 1 aromatic rings. The van der Waals surface area contributed by atoms with Crippen LogP contribution in [0.4, 0.5) is 0 Å². The highest BCUT2D eigenvalue weighted by molar-refractivity contribution is 6.08. The lowest BCUT2D eigenvalue weighted by Gasteiger charge is -2.47. The number of hydrogen-bond acceptors (Lipinski definition) is 4. The Morgan fingerprint density at radius 1 is 1.29 bits per heavy atom. The third-order valence-electron chi connectivity index (χ3n) is 7.94. The standard InChI is InChI=1S/C23H28N4O/c1-14-7-8-22(10-15(14)2)11-18-6-5-17(12-24)9-19(18)23(22)20(28)27(21(25)26-23)13-16-3-4-16/h5-6,9,14-16H,3-4,7-8,10-11,13H2,1-2H3,(H2,25,26)/t14-,15-,22-,23-/m1/s1. The molecular formula is C23H28N4O. The molecular weight excluding hydrogens is 348 g/mol. The van der Waals surface area contributed by atoms with E-state index in [2.05, 4.69) is 19.9 Å². The van der Waals surface area contributed by atoms with Crippen LogP contribution < -0.4 is 5.73 Å². The lowest BCUT2D eigenvalue weighted by atomic mass is 9.57. The minimum atomic E-state index is -0.942. The maximum absolute atomic E-state index is 14.0. The van der Waals surface area contributed by atoms with E-state index < -0.39 is 5.54 Å². The Labute approximate surface area is 166 Å². The number of carbonyl (C=O) groups is 1. The first-order chi connectivity index (χ1) is 13.4. The molecule has 1 aliphatic heterocycles. The Balaban J connectivity index is 1.67. The number of hydrogen-bond donors (Lipinski definition) is 1. The Bertz CT molecular complexity index is 927. The van der Waals surface area contributed by atoms with Crippen LogP contribution in [-0.4, -0.2) is 23.3 Å². The van der Waals surface area contributed by atoms with Gasteiger partial charge in [-0.05, 0) is 79.5 Å². The minimum absolute atomic E-state index is 0.0486. The molecule has 0 radical (unpaired) electrons. The second-order valence-electron chi connectivity index (χ2n) is 9.68. The summed E-state index contributed by atoms with van der Waals surface area (Å²) in [4.78, 5) is 20.7. The van der Waals surface area contributed by atoms with Crippen molar-refractivity contribution in [3.8, 4) is 6.07 Å². The maximum Gasteiger partial charge on any atom is 0.262 e. The number of nitrogens with zero attached hydrogens (tertiary/aromatic N) is 3. The molecule has 0 saturated heterocycles. The van der Waals surface area contributed by atoms with E-state index in [9.17, 15) is 10.1 Å². The molecule has 5 nitrogen and oxygen atoms in total. The van der Waals surface area contributed by atoms with Crippen molar-refractivity contribution in [2.24, 2.45) is 33.9 Å². The summed E-state index contributed by atoms with van der Waals surface area (Å²) in [7, 11) is 0. The van der Waals surface area contributed by atoms with Crippen LogP contribution in [0.15, 0.2) is 23.2 Å². The van der Waals surface area contributed by atoms with Gasteiger partial charge in [-0.3, -0.25) is 9.69 Å². The molecule has 2 spiro atoms. The highest BCUT2D eigenvalue weighted by atomic mass is 16.2. The fourth-order valence-electron chi connectivity index (χ4n) is 5.95. The van der Waals surface area contributed by atoms with Gasteiger partial charge in [0.2, 0.25) is 0 Å². The van der Waals surface area contributed by atoms with Crippen LogP contribution in [0.5, 0.6) is 0 Å². The lowest BCUT2D eigenvalue weighted by Crippen LogP contribution is -2.53. The van der Waals surface area contributed by atoms with Crippen molar-refractivity contribution in [2.45, 2.75) is 57.9 Å². The third kappa shape index (κ3) is 2.24. The number of guanidine groups is 1. The van der Waals surface area contributed by atoms with Gasteiger partial charge in [-0.25, -0.2) is 4.99 Å². The second kappa shape index (κ2) is 5.83. The average molecular weight is 377 g/mol. The average Bonchev–Trinajstić information content (AvgIpc) is 3.42. The van der Waals surface area contributed by atoms with E-state index in [1.807, 2.05) is 18.2 Å². The molecule has 4 atom stereocenters. The number of amides is 1. The van der Waals surface area contributed by atoms with Gasteiger partial charge < -0.3 is 5.73 Å². The highest BCUT2D eigenvalue weighted by Crippen LogP contribution is 2.63. The zero-order valence-corrected chi connectivity index (χ0v) is 16.7. The molecule has 0 unspecified atom stereocenters. The van der Waals surface area contributed by atoms with Crippen molar-refractivity contribution >= 4 is 11.9 Å². The largest absolute Gasteiger partial charge is 0.369 e. The molecule has 2 N–H and O–H groups in total. The number of rotatable bonds is 2. The minimum Gasteiger partial charge on any atom is -0.369 e. The Kier molecular flexibility index (Phi) is 3.69. The van der Waals surface area contributed by atoms with E-state index in [4.69, 9.17) is 10.7 Å². The summed E-state index contributed by atoms with van der Waals surface area (Å²) in [6, 6.07) is 8.06. The molecule has 3 aliphatic carbocycles. The summed E-state index contributed by atoms with van der Waals surface area (Å²) < 4.78 is 0. The molecule has 2 saturated carbocycles. The summed E-state index contributed by atoms with van der Waals surface area (Å²) in [6.07, 6.45) is 6.25. The van der Waals surface area contributed by atoms with Gasteiger partial charge in [0.05, 0.1) is 11.6 Å². The van der Waals surface area contributed by atoms with Crippen LogP contribution in [-0.2, 0) is 16.8 Å². The summed E-state index contributed by atoms with van der Waals surface area (Å²) in [5, 5.41) is 9.47. The van der Waals surface area contributed by atoms with Crippen molar-refractivity contribution in [1.82, 2.24) is 4.90 Å². The maximum atomic E-state index is 14.0. The summed E-state index contributed by atoms with van der Waals surface area (Å²) in [5.74, 6) is 2.17. The van der Waals surface area contributed by atoms with Gasteiger partial charge in [0.15, 0.2) is 11.5 Å². The first kappa shape index (κ1) is 17.7. The van der Waals surface area contributed by atoms with Crippen LogP contribution >= 0.6 is 0 Å². The monoisotopic (exact) mass is 376 g/mol. The van der Waals surface area contributed by atoms with Gasteiger partial charge in [0.25, 0.3) is 5.91 Å². The Morgan fingerprint density at radius 3 is 2.75 bits per heavy atom. The first-order valence-corrected chi connectivity index (χ1v) is 10.6. The topological polar surface area (TPSA) is 82.5 Å². The Morgan fingerprint density at radius 2 is 2.07 bits per heavy atom. The van der Waals surface area contributed by atoms with Gasteiger partial charge in [0.1, 0.15) is 0 Å². The van der Waals surface area contributed by atoms with Crippen LogP contribution in [0.25, 0.3) is 0 Å². The van der Waals surface area contributed by atoms with E-state index in [1.165, 1.54) is 18.4 Å². The first-order valence-electron chi connectivity index (χ1n) is 10.6. The molecule has 1 heterocycles. The van der Waals surface area contributed by atoms with Crippen LogP contribution in [0.2, 0.25) is 0 Å². The van der Waals surface area contributed by atoms with Gasteiger partial charge in [-0.1, -0.05) is 19.9 Å². The molecule has 5 rings (SSSR count). The van der Waals surface area contributed by atoms with Crippen molar-refractivity contribution in [3.63, 3.8) is 0 Å². The van der Waals surface area contributed by atoms with Gasteiger partial charge in [0, 0.05) is 12.0 Å². The van der Waals surface area contributed by atoms with E-state index in [0.29, 0.717) is 35.8 Å². The number of nitriles is 1. The highest BCUT2D eigenvalue weighted by Gasteiger charge is 2.67. The number of nitrogens with two attached hydrogens (primary N) is 1. The van der Waals surface area contributed by atoms with Crippen LogP contribution in [0.1, 0.15) is 62.6 Å². The number of benzene rings is 1. The molecule has 2 fully saturated rings. The number of carbonyl (C=O) groups excluding carboxylic acids is 1. The SMILES string of the molecule is C[C@@H]1CC[C@]2(Cc3ccc(C#N)cc3[C@]23N=C(N)N(CC2CC2)C3=O)C[C@H]1C. The molecule has 1 aromatic carbocycles. The zero-order valence-electron chi connectivity index (χ0n) is 16.7. The summed E-state index contributed by atoms with van der Waals surface area (Å²) in [5.41, 5.74) is 7.89. The molecule has 28 heavy (non-hydrogen) atoms. The Hall–Kier alpha value is -2.35. The number of aliphatic imine (C=N–C) groups is 1.